The Bertz CT molecular complexity index is 1780. The molecule has 1 aliphatic heterocycles. The van der Waals surface area contributed by atoms with Crippen molar-refractivity contribution < 1.29 is 33.6 Å². The Labute approximate surface area is 356 Å². The molecule has 1 saturated heterocycles. The second-order valence-electron chi connectivity index (χ2n) is 15.3. The summed E-state index contributed by atoms with van der Waals surface area (Å²) in [6.07, 6.45) is 3.96. The molecule has 1 heterocycles. The van der Waals surface area contributed by atoms with Crippen molar-refractivity contribution in [2.75, 3.05) is 25.1 Å². The number of amides is 7. The number of nitrogens with zero attached hydrogens (tertiary/aromatic N) is 2. The number of carbonyl (C=O) groups excluding carboxylic acids is 7. The molecule has 1 aliphatic rings. The van der Waals surface area contributed by atoms with E-state index in [0.29, 0.717) is 31.4 Å². The van der Waals surface area contributed by atoms with Crippen molar-refractivity contribution in [1.82, 2.24) is 31.5 Å². The molecule has 60 heavy (non-hydrogen) atoms. The van der Waals surface area contributed by atoms with Crippen LogP contribution in [0.4, 0.5) is 0 Å². The summed E-state index contributed by atoms with van der Waals surface area (Å²) in [4.78, 5) is 99.7. The highest BCUT2D eigenvalue weighted by atomic mass is 32.2. The zero-order valence-corrected chi connectivity index (χ0v) is 35.8. The lowest BCUT2D eigenvalue weighted by molar-refractivity contribution is -0.142. The van der Waals surface area contributed by atoms with Crippen molar-refractivity contribution in [3.8, 4) is 0 Å². The Balaban J connectivity index is 1.89. The number of nitrogens with two attached hydrogens (primary N) is 3. The summed E-state index contributed by atoms with van der Waals surface area (Å²) >= 11 is 1.51. The predicted molar refractivity (Wildman–Crippen MR) is 232 cm³/mol. The maximum absolute atomic E-state index is 14.6. The van der Waals surface area contributed by atoms with E-state index in [2.05, 4.69) is 31.6 Å². The fourth-order valence-corrected chi connectivity index (χ4v) is 7.41. The molecule has 0 spiro atoms. The minimum Gasteiger partial charge on any atom is -0.370 e. The van der Waals surface area contributed by atoms with Crippen LogP contribution in [0.1, 0.15) is 70.4 Å². The fraction of sp³-hybridized carbons (Fsp3) is 0.524. The van der Waals surface area contributed by atoms with Crippen molar-refractivity contribution in [2.45, 2.75) is 108 Å². The quantitative estimate of drug-likeness (QED) is 0.0405. The lowest BCUT2D eigenvalue weighted by Gasteiger charge is -2.31. The molecule has 17 nitrogen and oxygen atoms in total. The standard InChI is InChI=1S/C42H62N10O7S/c1-26(2)23-32(38(56)48-30(36(43)54)19-22-60-4)50-40(58)35-18-12-21-52(35)41(59)34(25-29-15-9-6-10-16-29)51-39(57)33(24-28-13-7-5-8-14-28)49-37(55)31(47-27(3)53)17-11-20-46-42(44)45/h5-10,13-16,26,30-35H,11-12,17-25H2,1-4H3,(H2,43,54)(H,47,53)(H,48,56)(H,49,55)(H,50,58)(H,51,57)(H4,44,45,46)/t30-,31-,32-,33-,34-,35+/m0/s1. The molecule has 0 bridgehead atoms. The van der Waals surface area contributed by atoms with Gasteiger partial charge < -0.3 is 48.7 Å². The third kappa shape index (κ3) is 16.5. The van der Waals surface area contributed by atoms with E-state index < -0.39 is 77.6 Å². The minimum absolute atomic E-state index is 0.00594. The number of benzene rings is 2. The van der Waals surface area contributed by atoms with Gasteiger partial charge in [0.25, 0.3) is 0 Å². The topological polar surface area (TPSA) is 273 Å². The third-order valence-corrected chi connectivity index (χ3v) is 10.5. The van der Waals surface area contributed by atoms with Gasteiger partial charge in [0.15, 0.2) is 5.96 Å². The van der Waals surface area contributed by atoms with Gasteiger partial charge in [-0.15, -0.1) is 0 Å². The summed E-state index contributed by atoms with van der Waals surface area (Å²) in [7, 11) is 0. The molecule has 11 N–H and O–H groups in total. The monoisotopic (exact) mass is 850 g/mol. The Kier molecular flexibility index (Phi) is 20.4. The maximum atomic E-state index is 14.6. The highest BCUT2D eigenvalue weighted by Crippen LogP contribution is 2.21. The summed E-state index contributed by atoms with van der Waals surface area (Å²) < 4.78 is 0. The second-order valence-corrected chi connectivity index (χ2v) is 16.3. The highest BCUT2D eigenvalue weighted by Gasteiger charge is 2.40. The first-order chi connectivity index (χ1) is 28.6. The zero-order chi connectivity index (χ0) is 44.2. The molecule has 18 heteroatoms. The molecule has 0 radical (unpaired) electrons. The zero-order valence-electron chi connectivity index (χ0n) is 35.0. The van der Waals surface area contributed by atoms with E-state index in [4.69, 9.17) is 17.2 Å². The summed E-state index contributed by atoms with van der Waals surface area (Å²) in [5, 5.41) is 13.8. The molecule has 0 aliphatic carbocycles. The number of thioether (sulfide) groups is 1. The van der Waals surface area contributed by atoms with Gasteiger partial charge in [-0.2, -0.15) is 11.8 Å². The Morgan fingerprint density at radius 1 is 0.733 bits per heavy atom. The van der Waals surface area contributed by atoms with E-state index in [1.807, 2.05) is 56.5 Å². The first kappa shape index (κ1) is 48.7. The maximum Gasteiger partial charge on any atom is 0.246 e. The lowest BCUT2D eigenvalue weighted by atomic mass is 10.0. The van der Waals surface area contributed by atoms with Gasteiger partial charge in [0.05, 0.1) is 0 Å². The molecular weight excluding hydrogens is 789 g/mol. The van der Waals surface area contributed by atoms with Crippen LogP contribution in [-0.4, -0.2) is 114 Å². The second kappa shape index (κ2) is 25.1. The van der Waals surface area contributed by atoms with E-state index in [-0.39, 0.29) is 50.7 Å². The third-order valence-electron chi connectivity index (χ3n) is 9.90. The Morgan fingerprint density at radius 2 is 1.28 bits per heavy atom. The Hall–Kier alpha value is -5.65. The van der Waals surface area contributed by atoms with Gasteiger partial charge in [-0.1, -0.05) is 74.5 Å². The van der Waals surface area contributed by atoms with Crippen molar-refractivity contribution in [2.24, 2.45) is 28.1 Å². The number of guanidine groups is 1. The van der Waals surface area contributed by atoms with Crippen molar-refractivity contribution in [1.29, 1.82) is 0 Å². The van der Waals surface area contributed by atoms with Crippen LogP contribution in [0.3, 0.4) is 0 Å². The molecule has 1 fully saturated rings. The van der Waals surface area contributed by atoms with Gasteiger partial charge in [0, 0.05) is 32.9 Å². The average molecular weight is 851 g/mol. The van der Waals surface area contributed by atoms with E-state index in [1.165, 1.54) is 23.6 Å². The number of likely N-dealkylation sites (tertiary alicyclic amines) is 1. The van der Waals surface area contributed by atoms with Crippen LogP contribution in [0.25, 0.3) is 0 Å². The van der Waals surface area contributed by atoms with Crippen LogP contribution in [0, 0.1) is 5.92 Å². The molecule has 3 rings (SSSR count). The first-order valence-electron chi connectivity index (χ1n) is 20.3. The van der Waals surface area contributed by atoms with Gasteiger partial charge in [-0.3, -0.25) is 38.6 Å². The van der Waals surface area contributed by atoms with E-state index in [9.17, 15) is 33.6 Å². The van der Waals surface area contributed by atoms with Crippen LogP contribution in [0.5, 0.6) is 0 Å². The number of primary amides is 1. The molecule has 0 unspecified atom stereocenters. The van der Waals surface area contributed by atoms with Gasteiger partial charge in [-0.05, 0) is 67.6 Å². The van der Waals surface area contributed by atoms with Gasteiger partial charge in [0.1, 0.15) is 36.3 Å². The molecule has 0 saturated carbocycles. The molecule has 7 amide bonds. The van der Waals surface area contributed by atoms with Crippen molar-refractivity contribution in [3.63, 3.8) is 0 Å². The molecule has 6 atom stereocenters. The highest BCUT2D eigenvalue weighted by molar-refractivity contribution is 7.98. The number of carbonyl (C=O) groups is 7. The minimum atomic E-state index is -1.17. The van der Waals surface area contributed by atoms with Crippen LogP contribution in [-0.2, 0) is 46.4 Å². The van der Waals surface area contributed by atoms with E-state index in [1.54, 1.807) is 24.3 Å². The normalized spacial score (nSPS) is 16.0. The van der Waals surface area contributed by atoms with Crippen molar-refractivity contribution >= 4 is 59.1 Å². The van der Waals surface area contributed by atoms with Crippen molar-refractivity contribution in [3.05, 3.63) is 71.8 Å². The molecule has 328 valence electrons. The number of nitrogens with one attached hydrogen (secondary N) is 5. The summed E-state index contributed by atoms with van der Waals surface area (Å²) in [5.74, 6) is -3.51. The van der Waals surface area contributed by atoms with E-state index >= 15 is 0 Å². The van der Waals surface area contributed by atoms with Crippen LogP contribution in [0.2, 0.25) is 0 Å². The van der Waals surface area contributed by atoms with Crippen LogP contribution in [0.15, 0.2) is 65.7 Å². The first-order valence-corrected chi connectivity index (χ1v) is 21.7. The summed E-state index contributed by atoms with van der Waals surface area (Å²) in [6, 6.07) is 11.9. The molecular formula is C42H62N10O7S. The molecule has 2 aromatic carbocycles. The lowest BCUT2D eigenvalue weighted by Crippen LogP contribution is -2.60. The smallest absolute Gasteiger partial charge is 0.246 e. The van der Waals surface area contributed by atoms with Gasteiger partial charge in [0.2, 0.25) is 41.4 Å². The Morgan fingerprint density at radius 3 is 1.83 bits per heavy atom. The number of hydrogen-bond donors (Lipinski definition) is 8. The predicted octanol–water partition coefficient (Wildman–Crippen LogP) is 0.245. The van der Waals surface area contributed by atoms with Gasteiger partial charge in [-0.25, -0.2) is 0 Å². The number of hydrogen-bond acceptors (Lipinski definition) is 9. The SMILES string of the molecule is CSCC[C@H](NC(=O)[C@H](CC(C)C)NC(=O)[C@H]1CCCN1C(=O)[C@H](Cc1ccccc1)NC(=O)[C@H](Cc1ccccc1)NC(=O)[C@H](CCCN=C(N)N)NC(C)=O)C(N)=O. The number of aliphatic imine (C=N–C) groups is 1. The summed E-state index contributed by atoms with van der Waals surface area (Å²) in [5.41, 5.74) is 17.9. The van der Waals surface area contributed by atoms with E-state index in [0.717, 1.165) is 11.1 Å². The summed E-state index contributed by atoms with van der Waals surface area (Å²) in [6.45, 7) is 5.52. The fourth-order valence-electron chi connectivity index (χ4n) is 6.94. The molecule has 0 aromatic heterocycles. The van der Waals surface area contributed by atoms with Crippen LogP contribution < -0.4 is 43.8 Å². The van der Waals surface area contributed by atoms with Gasteiger partial charge >= 0.3 is 0 Å². The number of rotatable bonds is 24. The van der Waals surface area contributed by atoms with Crippen LogP contribution >= 0.6 is 11.8 Å². The molecule has 2 aromatic rings. The average Bonchev–Trinajstić information content (AvgIpc) is 3.70. The largest absolute Gasteiger partial charge is 0.370 e.